The van der Waals surface area contributed by atoms with Gasteiger partial charge in [0.15, 0.2) is 0 Å². The number of hydrogen-bond donors (Lipinski definition) is 2. The molecule has 29 heavy (non-hydrogen) atoms. The predicted molar refractivity (Wildman–Crippen MR) is 121 cm³/mol. The smallest absolute Gasteiger partial charge is 0.205 e. The fourth-order valence-electron chi connectivity index (χ4n) is 4.23. The zero-order valence-corrected chi connectivity index (χ0v) is 17.7. The Morgan fingerprint density at radius 3 is 2.69 bits per heavy atom. The van der Waals surface area contributed by atoms with Crippen LogP contribution < -0.4 is 10.1 Å². The molecule has 0 bridgehead atoms. The molecule has 4 nitrogen and oxygen atoms in total. The fraction of sp³-hybridized carbons (Fsp3) is 0.208. The minimum atomic E-state index is 0.280. The number of benzene rings is 3. The van der Waals surface area contributed by atoms with Crippen molar-refractivity contribution in [1.82, 2.24) is 9.97 Å². The number of rotatable bonds is 3. The second-order valence-corrected chi connectivity index (χ2v) is 8.52. The number of hydrogen-bond acceptors (Lipinski definition) is 3. The summed E-state index contributed by atoms with van der Waals surface area (Å²) in [5.74, 6) is 2.38. The summed E-state index contributed by atoms with van der Waals surface area (Å²) >= 11 is 3.71. The first-order valence-corrected chi connectivity index (χ1v) is 10.7. The van der Waals surface area contributed by atoms with Gasteiger partial charge in [-0.2, -0.15) is 0 Å². The van der Waals surface area contributed by atoms with Gasteiger partial charge in [-0.1, -0.05) is 65.3 Å². The maximum atomic E-state index is 6.28. The van der Waals surface area contributed by atoms with Crippen LogP contribution >= 0.6 is 15.9 Å². The summed E-state index contributed by atoms with van der Waals surface area (Å²) in [5, 5.41) is 3.46. The van der Waals surface area contributed by atoms with E-state index >= 15 is 0 Å². The van der Waals surface area contributed by atoms with Crippen LogP contribution in [0.15, 0.2) is 71.2 Å². The quantitative estimate of drug-likeness (QED) is 0.370. The molecule has 4 aromatic rings. The highest BCUT2D eigenvalue weighted by atomic mass is 79.9. The second-order valence-electron chi connectivity index (χ2n) is 7.60. The van der Waals surface area contributed by atoms with Gasteiger partial charge in [-0.15, -0.1) is 0 Å². The topological polar surface area (TPSA) is 49.9 Å². The number of nitrogens with zero attached hydrogens (tertiary/aromatic N) is 1. The summed E-state index contributed by atoms with van der Waals surface area (Å²) in [5.41, 5.74) is 5.39. The van der Waals surface area contributed by atoms with Gasteiger partial charge >= 0.3 is 0 Å². The van der Waals surface area contributed by atoms with E-state index in [2.05, 4.69) is 80.6 Å². The third kappa shape index (κ3) is 3.51. The van der Waals surface area contributed by atoms with Crippen LogP contribution in [-0.2, 0) is 0 Å². The first kappa shape index (κ1) is 18.3. The molecule has 0 aliphatic carbocycles. The average Bonchev–Trinajstić information content (AvgIpc) is 3.05. The molecule has 5 heteroatoms. The minimum absolute atomic E-state index is 0.280. The Labute approximate surface area is 178 Å². The maximum Gasteiger partial charge on any atom is 0.205 e. The van der Waals surface area contributed by atoms with Crippen LogP contribution in [-0.4, -0.2) is 16.6 Å². The average molecular weight is 448 g/mol. The monoisotopic (exact) mass is 447 g/mol. The Balaban J connectivity index is 1.61. The zero-order valence-electron chi connectivity index (χ0n) is 16.2. The van der Waals surface area contributed by atoms with Crippen LogP contribution in [0.25, 0.3) is 11.0 Å². The number of aromatic amines is 1. The van der Waals surface area contributed by atoms with E-state index in [1.165, 1.54) is 11.1 Å². The van der Waals surface area contributed by atoms with Gasteiger partial charge in [-0.05, 0) is 42.2 Å². The molecule has 0 saturated carbocycles. The van der Waals surface area contributed by atoms with Crippen LogP contribution in [0.4, 0.5) is 11.6 Å². The Bertz CT molecular complexity index is 1120. The number of fused-ring (bicyclic) bond motifs is 2. The van der Waals surface area contributed by atoms with Crippen molar-refractivity contribution in [2.24, 2.45) is 5.92 Å². The molecule has 0 radical (unpaired) electrons. The first-order chi connectivity index (χ1) is 14.2. The molecule has 3 aromatic carbocycles. The van der Waals surface area contributed by atoms with Crippen molar-refractivity contribution < 1.29 is 4.74 Å². The number of nitrogens with one attached hydrogen (secondary N) is 2. The normalized spacial score (nSPS) is 18.7. The molecule has 146 valence electrons. The number of aromatic nitrogens is 2. The van der Waals surface area contributed by atoms with Crippen LogP contribution in [0.3, 0.4) is 0 Å². The lowest BCUT2D eigenvalue weighted by Gasteiger charge is -2.24. The molecule has 0 spiro atoms. The number of anilines is 2. The Kier molecular flexibility index (Phi) is 4.76. The number of halogens is 1. The second kappa shape index (κ2) is 7.56. The van der Waals surface area contributed by atoms with Crippen molar-refractivity contribution in [3.8, 4) is 5.75 Å². The molecule has 0 amide bonds. The number of H-pyrrole nitrogens is 1. The third-order valence-corrected chi connectivity index (χ3v) is 6.07. The van der Waals surface area contributed by atoms with Gasteiger partial charge < -0.3 is 15.0 Å². The zero-order chi connectivity index (χ0) is 19.8. The lowest BCUT2D eigenvalue weighted by atomic mass is 9.80. The van der Waals surface area contributed by atoms with Crippen molar-refractivity contribution in [2.75, 3.05) is 11.9 Å². The van der Waals surface area contributed by atoms with Crippen LogP contribution in [0.2, 0.25) is 0 Å². The van der Waals surface area contributed by atoms with E-state index < -0.39 is 0 Å². The summed E-state index contributed by atoms with van der Waals surface area (Å²) < 4.78 is 7.30. The van der Waals surface area contributed by atoms with Gasteiger partial charge in [0.25, 0.3) is 0 Å². The highest BCUT2D eigenvalue weighted by Gasteiger charge is 2.29. The molecule has 2 heterocycles. The maximum absolute atomic E-state index is 6.28. The van der Waals surface area contributed by atoms with Crippen molar-refractivity contribution in [3.63, 3.8) is 0 Å². The van der Waals surface area contributed by atoms with Gasteiger partial charge in [0.1, 0.15) is 5.75 Å². The summed E-state index contributed by atoms with van der Waals surface area (Å²) in [7, 11) is 0. The Hall–Kier alpha value is -2.79. The lowest BCUT2D eigenvalue weighted by molar-refractivity contribution is 0.298. The SMILES string of the molecule is CC1CCOc2c(Nc3nc4ccccc4[nH]3)cc(Br)cc2C1c1ccccc1. The van der Waals surface area contributed by atoms with E-state index in [0.29, 0.717) is 18.5 Å². The minimum Gasteiger partial charge on any atom is -0.491 e. The molecular formula is C24H22BrN3O. The molecular weight excluding hydrogens is 426 g/mol. The Morgan fingerprint density at radius 1 is 1.07 bits per heavy atom. The van der Waals surface area contributed by atoms with Crippen LogP contribution in [0.1, 0.15) is 30.4 Å². The third-order valence-electron chi connectivity index (χ3n) is 5.61. The number of para-hydroxylation sites is 2. The molecule has 2 atom stereocenters. The molecule has 1 aliphatic rings. The number of ether oxygens (including phenoxy) is 1. The van der Waals surface area contributed by atoms with E-state index in [9.17, 15) is 0 Å². The molecule has 0 saturated heterocycles. The van der Waals surface area contributed by atoms with E-state index in [1.54, 1.807) is 0 Å². The van der Waals surface area contributed by atoms with E-state index in [-0.39, 0.29) is 5.92 Å². The summed E-state index contributed by atoms with van der Waals surface area (Å²) in [6.45, 7) is 3.01. The van der Waals surface area contributed by atoms with E-state index in [1.807, 2.05) is 24.3 Å². The highest BCUT2D eigenvalue weighted by molar-refractivity contribution is 9.10. The lowest BCUT2D eigenvalue weighted by Crippen LogP contribution is -2.11. The van der Waals surface area contributed by atoms with Gasteiger partial charge in [-0.3, -0.25) is 0 Å². The van der Waals surface area contributed by atoms with Crippen LogP contribution in [0, 0.1) is 5.92 Å². The van der Waals surface area contributed by atoms with Gasteiger partial charge in [-0.25, -0.2) is 4.98 Å². The number of imidazole rings is 1. The van der Waals surface area contributed by atoms with Gasteiger partial charge in [0, 0.05) is 16.0 Å². The standard InChI is InChI=1S/C24H22BrN3O/c1-15-11-12-29-23-18(22(15)16-7-3-2-4-8-16)13-17(25)14-21(23)28-24-26-19-9-5-6-10-20(19)27-24/h2-10,13-15,22H,11-12H2,1H3,(H2,26,27,28). The fourth-order valence-corrected chi connectivity index (χ4v) is 4.70. The Morgan fingerprint density at radius 2 is 1.86 bits per heavy atom. The van der Waals surface area contributed by atoms with Crippen molar-refractivity contribution >= 4 is 38.6 Å². The van der Waals surface area contributed by atoms with E-state index in [4.69, 9.17) is 4.74 Å². The van der Waals surface area contributed by atoms with Crippen molar-refractivity contribution in [3.05, 3.63) is 82.3 Å². The van der Waals surface area contributed by atoms with Crippen molar-refractivity contribution in [2.45, 2.75) is 19.3 Å². The summed E-state index contributed by atoms with van der Waals surface area (Å²) in [4.78, 5) is 8.01. The van der Waals surface area contributed by atoms with Crippen LogP contribution in [0.5, 0.6) is 5.75 Å². The predicted octanol–water partition coefficient (Wildman–Crippen LogP) is 6.62. The highest BCUT2D eigenvalue weighted by Crippen LogP contribution is 2.46. The molecule has 5 rings (SSSR count). The molecule has 2 N–H and O–H groups in total. The van der Waals surface area contributed by atoms with Crippen molar-refractivity contribution in [1.29, 1.82) is 0 Å². The molecule has 1 aromatic heterocycles. The van der Waals surface area contributed by atoms with E-state index in [0.717, 1.165) is 33.4 Å². The van der Waals surface area contributed by atoms with Gasteiger partial charge in [0.05, 0.1) is 23.3 Å². The molecule has 2 unspecified atom stereocenters. The first-order valence-electron chi connectivity index (χ1n) is 9.92. The largest absolute Gasteiger partial charge is 0.491 e. The summed E-state index contributed by atoms with van der Waals surface area (Å²) in [6.07, 6.45) is 1.01. The molecule has 1 aliphatic heterocycles. The summed E-state index contributed by atoms with van der Waals surface area (Å²) in [6, 6.07) is 23.0. The molecule has 0 fully saturated rings. The van der Waals surface area contributed by atoms with Gasteiger partial charge in [0.2, 0.25) is 5.95 Å².